The summed E-state index contributed by atoms with van der Waals surface area (Å²) in [6, 6.07) is 11.1. The zero-order chi connectivity index (χ0) is 22.7. The molecule has 2 heterocycles. The van der Waals surface area contributed by atoms with Crippen LogP contribution in [0.15, 0.2) is 48.7 Å². The predicted molar refractivity (Wildman–Crippen MR) is 119 cm³/mol. The van der Waals surface area contributed by atoms with Crippen LogP contribution in [0.2, 0.25) is 0 Å². The minimum Gasteiger partial charge on any atom is -0.368 e. The molecule has 1 aromatic carbocycles. The summed E-state index contributed by atoms with van der Waals surface area (Å²) in [5.41, 5.74) is 2.52. The van der Waals surface area contributed by atoms with Gasteiger partial charge >= 0.3 is 6.03 Å². The Hall–Kier alpha value is -3.62. The number of halogens is 2. The number of hydrogen-bond acceptors (Lipinski definition) is 5. The van der Waals surface area contributed by atoms with Crippen molar-refractivity contribution < 1.29 is 13.6 Å². The number of amides is 2. The first-order valence-corrected chi connectivity index (χ1v) is 10.3. The number of hydrogen-bond donors (Lipinski definition) is 3. The molecule has 0 spiro atoms. The van der Waals surface area contributed by atoms with Gasteiger partial charge in [-0.25, -0.2) is 13.6 Å². The molecule has 1 fully saturated rings. The second-order valence-electron chi connectivity index (χ2n) is 8.01. The van der Waals surface area contributed by atoms with Crippen LogP contribution in [-0.2, 0) is 5.41 Å². The van der Waals surface area contributed by atoms with Crippen LogP contribution in [0.25, 0.3) is 11.3 Å². The molecule has 2 amide bonds. The fraction of sp³-hybridized carbons (Fsp3) is 0.304. The van der Waals surface area contributed by atoms with Crippen LogP contribution in [0.5, 0.6) is 0 Å². The Kier molecular flexibility index (Phi) is 5.98. The zero-order valence-electron chi connectivity index (χ0n) is 17.8. The standard InChI is InChI=1S/C23H24F2N6O/c1-14-4-3-9-27-21(14)23(11-15(24)12-23)13-28-20-8-7-19(30-31-20)17-6-5-16(10-18(17)25)29-22(32)26-2/h3-10,15H,11-13H2,1-2H3,(H,28,31)(H2,26,29,32)/t15-,23-. The number of nitrogens with zero attached hydrogens (tertiary/aromatic N) is 3. The lowest BCUT2D eigenvalue weighted by Gasteiger charge is -2.44. The smallest absolute Gasteiger partial charge is 0.318 e. The van der Waals surface area contributed by atoms with Crippen molar-refractivity contribution in [1.82, 2.24) is 20.5 Å². The highest BCUT2D eigenvalue weighted by atomic mass is 19.1. The molecule has 0 radical (unpaired) electrons. The molecule has 0 saturated heterocycles. The summed E-state index contributed by atoms with van der Waals surface area (Å²) in [4.78, 5) is 15.9. The summed E-state index contributed by atoms with van der Waals surface area (Å²) in [7, 11) is 1.48. The van der Waals surface area contributed by atoms with E-state index in [1.165, 1.54) is 19.2 Å². The third-order valence-corrected chi connectivity index (χ3v) is 5.74. The Morgan fingerprint density at radius 1 is 1.19 bits per heavy atom. The van der Waals surface area contributed by atoms with E-state index < -0.39 is 18.0 Å². The number of carbonyl (C=O) groups is 1. The van der Waals surface area contributed by atoms with E-state index in [2.05, 4.69) is 31.1 Å². The maximum absolute atomic E-state index is 14.5. The summed E-state index contributed by atoms with van der Waals surface area (Å²) in [5, 5.41) is 16.4. The van der Waals surface area contributed by atoms with Crippen LogP contribution >= 0.6 is 0 Å². The molecular weight excluding hydrogens is 414 g/mol. The molecular formula is C23H24F2N6O. The fourth-order valence-corrected chi connectivity index (χ4v) is 4.07. The molecule has 7 nitrogen and oxygen atoms in total. The molecule has 1 saturated carbocycles. The van der Waals surface area contributed by atoms with Crippen molar-refractivity contribution in [3.05, 3.63) is 65.7 Å². The highest BCUT2D eigenvalue weighted by molar-refractivity contribution is 5.89. The van der Waals surface area contributed by atoms with E-state index in [0.717, 1.165) is 11.3 Å². The van der Waals surface area contributed by atoms with E-state index in [1.807, 2.05) is 19.1 Å². The number of nitrogens with one attached hydrogen (secondary N) is 3. The van der Waals surface area contributed by atoms with Gasteiger partial charge in [-0.2, -0.15) is 0 Å². The van der Waals surface area contributed by atoms with Gasteiger partial charge in [-0.3, -0.25) is 4.98 Å². The maximum atomic E-state index is 14.5. The second-order valence-corrected chi connectivity index (χ2v) is 8.01. The number of urea groups is 1. The van der Waals surface area contributed by atoms with Crippen LogP contribution in [-0.4, -0.2) is 41.0 Å². The highest BCUT2D eigenvalue weighted by Gasteiger charge is 2.47. The molecule has 4 rings (SSSR count). The average molecular weight is 438 g/mol. The first-order chi connectivity index (χ1) is 15.4. The van der Waals surface area contributed by atoms with Crippen molar-refractivity contribution in [3.8, 4) is 11.3 Å². The average Bonchev–Trinajstić information content (AvgIpc) is 2.77. The van der Waals surface area contributed by atoms with Crippen LogP contribution in [0.4, 0.5) is 25.1 Å². The van der Waals surface area contributed by atoms with Gasteiger partial charge < -0.3 is 16.0 Å². The first-order valence-electron chi connectivity index (χ1n) is 10.3. The fourth-order valence-electron chi connectivity index (χ4n) is 4.07. The van der Waals surface area contributed by atoms with Gasteiger partial charge in [0.25, 0.3) is 0 Å². The summed E-state index contributed by atoms with van der Waals surface area (Å²) in [6.45, 7) is 2.46. The number of alkyl halides is 1. The Bertz CT molecular complexity index is 1120. The second kappa shape index (κ2) is 8.86. The summed E-state index contributed by atoms with van der Waals surface area (Å²) >= 11 is 0. The van der Waals surface area contributed by atoms with Gasteiger partial charge in [0.05, 0.1) is 11.4 Å². The van der Waals surface area contributed by atoms with E-state index in [1.54, 1.807) is 24.4 Å². The Balaban J connectivity index is 1.46. The molecule has 3 aromatic rings. The molecule has 0 aliphatic heterocycles. The van der Waals surface area contributed by atoms with Crippen LogP contribution in [0.3, 0.4) is 0 Å². The number of pyridine rings is 1. The van der Waals surface area contributed by atoms with E-state index >= 15 is 0 Å². The molecule has 0 atom stereocenters. The van der Waals surface area contributed by atoms with Gasteiger partial charge in [0, 0.05) is 36.5 Å². The Morgan fingerprint density at radius 2 is 2.00 bits per heavy atom. The predicted octanol–water partition coefficient (Wildman–Crippen LogP) is 4.22. The molecule has 166 valence electrons. The summed E-state index contributed by atoms with van der Waals surface area (Å²) < 4.78 is 28.3. The van der Waals surface area contributed by atoms with Gasteiger partial charge in [-0.15, -0.1) is 10.2 Å². The molecule has 32 heavy (non-hydrogen) atoms. The topological polar surface area (TPSA) is 91.8 Å². The highest BCUT2D eigenvalue weighted by Crippen LogP contribution is 2.45. The summed E-state index contributed by atoms with van der Waals surface area (Å²) in [6.07, 6.45) is 1.71. The number of aromatic nitrogens is 3. The normalized spacial score (nSPS) is 19.7. The van der Waals surface area contributed by atoms with Gasteiger partial charge in [0.2, 0.25) is 0 Å². The van der Waals surface area contributed by atoms with E-state index in [9.17, 15) is 13.6 Å². The number of carbonyl (C=O) groups excluding carboxylic acids is 1. The van der Waals surface area contributed by atoms with E-state index in [4.69, 9.17) is 0 Å². The van der Waals surface area contributed by atoms with Crippen LogP contribution in [0.1, 0.15) is 24.1 Å². The molecule has 0 unspecified atom stereocenters. The lowest BCUT2D eigenvalue weighted by molar-refractivity contribution is 0.0991. The number of benzene rings is 1. The third kappa shape index (κ3) is 4.37. The maximum Gasteiger partial charge on any atom is 0.318 e. The van der Waals surface area contributed by atoms with Crippen molar-refractivity contribution in [2.45, 2.75) is 31.4 Å². The van der Waals surface area contributed by atoms with Crippen molar-refractivity contribution >= 4 is 17.5 Å². The lowest BCUT2D eigenvalue weighted by atomic mass is 9.64. The minimum atomic E-state index is -0.837. The van der Waals surface area contributed by atoms with Crippen molar-refractivity contribution in [3.63, 3.8) is 0 Å². The minimum absolute atomic E-state index is 0.270. The number of anilines is 2. The Morgan fingerprint density at radius 3 is 2.62 bits per heavy atom. The zero-order valence-corrected chi connectivity index (χ0v) is 17.8. The molecule has 9 heteroatoms. The third-order valence-electron chi connectivity index (χ3n) is 5.74. The van der Waals surface area contributed by atoms with Crippen molar-refractivity contribution in [2.75, 3.05) is 24.2 Å². The van der Waals surface area contributed by atoms with Gasteiger partial charge in [-0.1, -0.05) is 6.07 Å². The van der Waals surface area contributed by atoms with Gasteiger partial charge in [0.1, 0.15) is 17.8 Å². The van der Waals surface area contributed by atoms with Crippen LogP contribution in [0, 0.1) is 12.7 Å². The van der Waals surface area contributed by atoms with Gasteiger partial charge in [0.15, 0.2) is 0 Å². The largest absolute Gasteiger partial charge is 0.368 e. The molecule has 3 N–H and O–H groups in total. The van der Waals surface area contributed by atoms with Gasteiger partial charge in [-0.05, 0) is 61.7 Å². The number of rotatable bonds is 6. The monoisotopic (exact) mass is 438 g/mol. The van der Waals surface area contributed by atoms with E-state index in [0.29, 0.717) is 36.6 Å². The quantitative estimate of drug-likeness (QED) is 0.536. The number of aryl methyl sites for hydroxylation is 1. The SMILES string of the molecule is CNC(=O)Nc1ccc(-c2ccc(NC[C@]3(c4ncccc4C)C[C@H](F)C3)nn2)c(F)c1. The Labute approximate surface area is 184 Å². The first kappa shape index (κ1) is 21.6. The molecule has 2 aromatic heterocycles. The van der Waals surface area contributed by atoms with Crippen molar-refractivity contribution in [1.29, 1.82) is 0 Å². The van der Waals surface area contributed by atoms with Crippen LogP contribution < -0.4 is 16.0 Å². The lowest BCUT2D eigenvalue weighted by Crippen LogP contribution is -2.48. The molecule has 1 aliphatic carbocycles. The molecule has 0 bridgehead atoms. The van der Waals surface area contributed by atoms with Crippen molar-refractivity contribution in [2.24, 2.45) is 0 Å². The summed E-state index contributed by atoms with van der Waals surface area (Å²) in [5.74, 6) is -0.00993. The molecule has 1 aliphatic rings. The van der Waals surface area contributed by atoms with E-state index in [-0.39, 0.29) is 11.0 Å².